The Morgan fingerprint density at radius 2 is 1.73 bits per heavy atom. The molecule has 2 rings (SSSR count). The highest BCUT2D eigenvalue weighted by molar-refractivity contribution is 9.10. The van der Waals surface area contributed by atoms with E-state index in [1.54, 1.807) is 12.1 Å². The van der Waals surface area contributed by atoms with Crippen LogP contribution in [0.4, 0.5) is 5.69 Å². The number of halogens is 1. The number of rotatable bonds is 7. The molecule has 0 aliphatic rings. The van der Waals surface area contributed by atoms with Gasteiger partial charge in [-0.25, -0.2) is 8.42 Å². The SMILES string of the molecule is C[C@@H](C(=O)O)N(Cc1ccc([N+](=O)[O-])cc1)S(=O)(=O)c1ccc(Br)cc1. The highest BCUT2D eigenvalue weighted by Crippen LogP contribution is 2.24. The summed E-state index contributed by atoms with van der Waals surface area (Å²) in [7, 11) is -4.09. The summed E-state index contributed by atoms with van der Waals surface area (Å²) >= 11 is 3.22. The number of nitro groups is 1. The van der Waals surface area contributed by atoms with Gasteiger partial charge >= 0.3 is 5.97 Å². The molecule has 138 valence electrons. The molecule has 0 bridgehead atoms. The fraction of sp³-hybridized carbons (Fsp3) is 0.188. The molecule has 0 spiro atoms. The van der Waals surface area contributed by atoms with E-state index in [1.807, 2.05) is 0 Å². The van der Waals surface area contributed by atoms with Crippen molar-refractivity contribution in [3.05, 3.63) is 68.7 Å². The summed E-state index contributed by atoms with van der Waals surface area (Å²) in [5, 5.41) is 20.0. The zero-order chi connectivity index (χ0) is 19.5. The summed E-state index contributed by atoms with van der Waals surface area (Å²) in [4.78, 5) is 21.5. The standard InChI is InChI=1S/C16H15BrN2O6S/c1-11(16(20)21)18(10-12-2-6-14(7-3-12)19(22)23)26(24,25)15-8-4-13(17)5-9-15/h2-9,11H,10H2,1H3,(H,20,21)/t11-/m0/s1. The van der Waals surface area contributed by atoms with Crippen LogP contribution in [0.3, 0.4) is 0 Å². The number of sulfonamides is 1. The van der Waals surface area contributed by atoms with Gasteiger partial charge in [-0.2, -0.15) is 4.31 Å². The Kier molecular flexibility index (Phi) is 6.11. The summed E-state index contributed by atoms with van der Waals surface area (Å²) in [5.74, 6) is -1.30. The summed E-state index contributed by atoms with van der Waals surface area (Å²) in [6.07, 6.45) is 0. The van der Waals surface area contributed by atoms with E-state index in [4.69, 9.17) is 0 Å². The van der Waals surface area contributed by atoms with Crippen LogP contribution in [0, 0.1) is 10.1 Å². The minimum Gasteiger partial charge on any atom is -0.480 e. The monoisotopic (exact) mass is 442 g/mol. The summed E-state index contributed by atoms with van der Waals surface area (Å²) < 4.78 is 27.3. The molecule has 0 unspecified atom stereocenters. The molecule has 0 aliphatic carbocycles. The third kappa shape index (κ3) is 4.45. The van der Waals surface area contributed by atoms with Gasteiger partial charge in [0, 0.05) is 23.2 Å². The van der Waals surface area contributed by atoms with Crippen molar-refractivity contribution in [1.82, 2.24) is 4.31 Å². The van der Waals surface area contributed by atoms with Gasteiger partial charge in [0.25, 0.3) is 5.69 Å². The van der Waals surface area contributed by atoms with Crippen molar-refractivity contribution in [2.75, 3.05) is 0 Å². The first-order valence-electron chi connectivity index (χ1n) is 7.36. The van der Waals surface area contributed by atoms with Crippen molar-refractivity contribution < 1.29 is 23.2 Å². The highest BCUT2D eigenvalue weighted by Gasteiger charge is 2.33. The Bertz CT molecular complexity index is 913. The lowest BCUT2D eigenvalue weighted by atomic mass is 10.2. The van der Waals surface area contributed by atoms with E-state index in [-0.39, 0.29) is 17.1 Å². The van der Waals surface area contributed by atoms with E-state index in [0.29, 0.717) is 10.0 Å². The van der Waals surface area contributed by atoms with E-state index < -0.39 is 27.0 Å². The van der Waals surface area contributed by atoms with Crippen LogP contribution < -0.4 is 0 Å². The Morgan fingerprint density at radius 3 is 2.19 bits per heavy atom. The quantitative estimate of drug-likeness (QED) is 0.519. The summed E-state index contributed by atoms with van der Waals surface area (Å²) in [6, 6.07) is 9.79. The maximum Gasteiger partial charge on any atom is 0.321 e. The van der Waals surface area contributed by atoms with Gasteiger partial charge in [-0.1, -0.05) is 28.1 Å². The highest BCUT2D eigenvalue weighted by atomic mass is 79.9. The second-order valence-electron chi connectivity index (χ2n) is 5.44. The number of carboxylic acid groups (broad SMARTS) is 1. The molecule has 0 aromatic heterocycles. The molecule has 0 amide bonds. The van der Waals surface area contributed by atoms with Gasteiger partial charge in [-0.05, 0) is 36.8 Å². The molecule has 0 fully saturated rings. The lowest BCUT2D eigenvalue weighted by Crippen LogP contribution is -2.42. The van der Waals surface area contributed by atoms with Crippen molar-refractivity contribution in [2.45, 2.75) is 24.4 Å². The number of aliphatic carboxylic acids is 1. The Morgan fingerprint density at radius 1 is 1.19 bits per heavy atom. The normalized spacial score (nSPS) is 12.7. The van der Waals surface area contributed by atoms with Crippen molar-refractivity contribution in [1.29, 1.82) is 0 Å². The van der Waals surface area contributed by atoms with Gasteiger partial charge in [0.1, 0.15) is 6.04 Å². The first-order chi connectivity index (χ1) is 12.1. The molecule has 0 aliphatic heterocycles. The van der Waals surface area contributed by atoms with Gasteiger partial charge in [-0.3, -0.25) is 14.9 Å². The van der Waals surface area contributed by atoms with Crippen molar-refractivity contribution >= 4 is 37.6 Å². The number of nitro benzene ring substituents is 1. The third-order valence-electron chi connectivity index (χ3n) is 3.70. The number of hydrogen-bond acceptors (Lipinski definition) is 5. The van der Waals surface area contributed by atoms with Crippen molar-refractivity contribution in [2.24, 2.45) is 0 Å². The molecule has 0 saturated heterocycles. The zero-order valence-corrected chi connectivity index (χ0v) is 16.0. The van der Waals surface area contributed by atoms with Gasteiger partial charge in [0.05, 0.1) is 9.82 Å². The Labute approximate surface area is 158 Å². The van der Waals surface area contributed by atoms with Crippen LogP contribution in [0.1, 0.15) is 12.5 Å². The number of hydrogen-bond donors (Lipinski definition) is 1. The average molecular weight is 443 g/mol. The van der Waals surface area contributed by atoms with Crippen molar-refractivity contribution in [3.8, 4) is 0 Å². The molecule has 1 N–H and O–H groups in total. The molecule has 0 radical (unpaired) electrons. The summed E-state index contributed by atoms with van der Waals surface area (Å²) in [6.45, 7) is 1.04. The molecular weight excluding hydrogens is 428 g/mol. The van der Waals surface area contributed by atoms with Crippen LogP contribution in [-0.4, -0.2) is 34.8 Å². The number of benzene rings is 2. The molecule has 2 aromatic carbocycles. The predicted octanol–water partition coefficient (Wildman–Crippen LogP) is 3.02. The molecule has 2 aromatic rings. The molecule has 26 heavy (non-hydrogen) atoms. The van der Waals surface area contributed by atoms with Crippen LogP contribution in [0.2, 0.25) is 0 Å². The number of carboxylic acids is 1. The number of nitrogens with zero attached hydrogens (tertiary/aromatic N) is 2. The topological polar surface area (TPSA) is 118 Å². The molecule has 1 atom stereocenters. The van der Waals surface area contributed by atoms with Crippen molar-refractivity contribution in [3.63, 3.8) is 0 Å². The van der Waals surface area contributed by atoms with Gasteiger partial charge in [-0.15, -0.1) is 0 Å². The molecule has 8 nitrogen and oxygen atoms in total. The largest absolute Gasteiger partial charge is 0.480 e. The summed E-state index contributed by atoms with van der Waals surface area (Å²) in [5.41, 5.74) is 0.298. The molecule has 0 saturated carbocycles. The smallest absolute Gasteiger partial charge is 0.321 e. The first-order valence-corrected chi connectivity index (χ1v) is 9.60. The fourth-order valence-corrected chi connectivity index (χ4v) is 4.04. The lowest BCUT2D eigenvalue weighted by molar-refractivity contribution is -0.384. The van der Waals surface area contributed by atoms with Gasteiger partial charge in [0.2, 0.25) is 10.0 Å². The second kappa shape index (κ2) is 7.94. The third-order valence-corrected chi connectivity index (χ3v) is 6.15. The van der Waals surface area contributed by atoms with Crippen LogP contribution in [0.5, 0.6) is 0 Å². The van der Waals surface area contributed by atoms with Gasteiger partial charge < -0.3 is 5.11 Å². The van der Waals surface area contributed by atoms with E-state index in [0.717, 1.165) is 4.31 Å². The molecular formula is C16H15BrN2O6S. The van der Waals surface area contributed by atoms with E-state index >= 15 is 0 Å². The number of carbonyl (C=O) groups is 1. The van der Waals surface area contributed by atoms with Gasteiger partial charge in [0.15, 0.2) is 0 Å². The van der Waals surface area contributed by atoms with Crippen LogP contribution >= 0.6 is 15.9 Å². The average Bonchev–Trinajstić information content (AvgIpc) is 2.59. The van der Waals surface area contributed by atoms with E-state index in [1.165, 1.54) is 43.3 Å². The maximum absolute atomic E-state index is 12.9. The number of non-ortho nitro benzene ring substituents is 1. The second-order valence-corrected chi connectivity index (χ2v) is 8.25. The predicted molar refractivity (Wildman–Crippen MR) is 97.1 cm³/mol. The molecule has 10 heteroatoms. The Hall–Kier alpha value is -2.30. The van der Waals surface area contributed by atoms with Crippen LogP contribution in [0.25, 0.3) is 0 Å². The maximum atomic E-state index is 12.9. The first kappa shape index (κ1) is 20.0. The van der Waals surface area contributed by atoms with Crippen LogP contribution in [-0.2, 0) is 21.4 Å². The zero-order valence-electron chi connectivity index (χ0n) is 13.6. The van der Waals surface area contributed by atoms with Crippen LogP contribution in [0.15, 0.2) is 57.9 Å². The fourth-order valence-electron chi connectivity index (χ4n) is 2.20. The molecule has 0 heterocycles. The van der Waals surface area contributed by atoms with E-state index in [2.05, 4.69) is 15.9 Å². The minimum atomic E-state index is -4.09. The lowest BCUT2D eigenvalue weighted by Gasteiger charge is -2.26. The minimum absolute atomic E-state index is 0.0456. The Balaban J connectivity index is 2.41. The van der Waals surface area contributed by atoms with E-state index in [9.17, 15) is 28.4 Å².